The highest BCUT2D eigenvalue weighted by Crippen LogP contribution is 2.35. The summed E-state index contributed by atoms with van der Waals surface area (Å²) in [4.78, 5) is 0. The first-order chi connectivity index (χ1) is 9.35. The van der Waals surface area contributed by atoms with Crippen molar-refractivity contribution in [1.82, 2.24) is 0 Å². The minimum absolute atomic E-state index is 0.560. The first-order valence-corrected chi connectivity index (χ1v) is 7.35. The van der Waals surface area contributed by atoms with E-state index >= 15 is 0 Å². The Balaban J connectivity index is 2.08. The van der Waals surface area contributed by atoms with Crippen molar-refractivity contribution in [2.45, 2.75) is 32.1 Å². The van der Waals surface area contributed by atoms with Crippen molar-refractivity contribution in [3.8, 4) is 5.75 Å². The van der Waals surface area contributed by atoms with Crippen molar-refractivity contribution >= 4 is 0 Å². The molecule has 1 aromatic rings. The lowest BCUT2D eigenvalue weighted by molar-refractivity contribution is 0.0570. The zero-order valence-corrected chi connectivity index (χ0v) is 11.8. The van der Waals surface area contributed by atoms with Crippen LogP contribution in [0.5, 0.6) is 5.75 Å². The molecule has 0 bridgehead atoms. The Labute approximate surface area is 116 Å². The minimum Gasteiger partial charge on any atom is -0.494 e. The number of hydrogen-bond donors (Lipinski definition) is 1. The van der Waals surface area contributed by atoms with E-state index in [4.69, 9.17) is 15.2 Å². The molecule has 2 rings (SSSR count). The Morgan fingerprint density at radius 3 is 2.53 bits per heavy atom. The molecule has 1 aromatic carbocycles. The van der Waals surface area contributed by atoms with Crippen LogP contribution < -0.4 is 10.5 Å². The van der Waals surface area contributed by atoms with E-state index < -0.39 is 0 Å². The summed E-state index contributed by atoms with van der Waals surface area (Å²) in [5, 5.41) is 0. The quantitative estimate of drug-likeness (QED) is 0.858. The highest BCUT2D eigenvalue weighted by molar-refractivity contribution is 5.30. The van der Waals surface area contributed by atoms with Crippen LogP contribution in [0.3, 0.4) is 0 Å². The van der Waals surface area contributed by atoms with E-state index in [0.717, 1.165) is 44.8 Å². The average molecular weight is 263 g/mol. The molecule has 1 fully saturated rings. The molecule has 1 atom stereocenters. The van der Waals surface area contributed by atoms with E-state index in [0.29, 0.717) is 18.4 Å². The molecule has 0 spiro atoms. The van der Waals surface area contributed by atoms with Crippen molar-refractivity contribution in [3.05, 3.63) is 29.8 Å². The first-order valence-electron chi connectivity index (χ1n) is 7.35. The predicted octanol–water partition coefficient (Wildman–Crippen LogP) is 2.94. The average Bonchev–Trinajstić information content (AvgIpc) is 2.47. The number of ether oxygens (including phenoxy) is 2. The summed E-state index contributed by atoms with van der Waals surface area (Å²) < 4.78 is 11.0. The molecule has 19 heavy (non-hydrogen) atoms. The summed E-state index contributed by atoms with van der Waals surface area (Å²) in [6, 6.07) is 8.53. The van der Waals surface area contributed by atoms with Gasteiger partial charge in [0.2, 0.25) is 0 Å². The summed E-state index contributed by atoms with van der Waals surface area (Å²) >= 11 is 0. The molecule has 2 N–H and O–H groups in total. The smallest absolute Gasteiger partial charge is 0.119 e. The van der Waals surface area contributed by atoms with Crippen molar-refractivity contribution in [1.29, 1.82) is 0 Å². The molecule has 1 heterocycles. The second kappa shape index (κ2) is 7.51. The predicted molar refractivity (Wildman–Crippen MR) is 77.6 cm³/mol. The molecule has 3 nitrogen and oxygen atoms in total. The summed E-state index contributed by atoms with van der Waals surface area (Å²) in [6.45, 7) is 5.25. The number of benzene rings is 1. The molecule has 0 aliphatic carbocycles. The standard InChI is InChI=1S/C16H25NO2/c1-2-19-15-5-3-13(4-6-15)16(7-10-17)14-8-11-18-12-9-14/h3-6,14,16H,2,7-12,17H2,1H3. The molecule has 0 radical (unpaired) electrons. The minimum atomic E-state index is 0.560. The second-order valence-electron chi connectivity index (χ2n) is 5.14. The Kier molecular flexibility index (Phi) is 5.67. The molecule has 3 heteroatoms. The van der Waals surface area contributed by atoms with Gasteiger partial charge in [-0.05, 0) is 62.3 Å². The SMILES string of the molecule is CCOc1ccc(C(CCN)C2CCOCC2)cc1. The van der Waals surface area contributed by atoms with Crippen LogP contribution in [0.2, 0.25) is 0 Å². The molecule has 0 saturated carbocycles. The molecule has 106 valence electrons. The van der Waals surface area contributed by atoms with Gasteiger partial charge in [-0.3, -0.25) is 0 Å². The van der Waals surface area contributed by atoms with Gasteiger partial charge < -0.3 is 15.2 Å². The number of hydrogen-bond acceptors (Lipinski definition) is 3. The molecular weight excluding hydrogens is 238 g/mol. The van der Waals surface area contributed by atoms with Crippen LogP contribution in [0.4, 0.5) is 0 Å². The highest BCUT2D eigenvalue weighted by Gasteiger charge is 2.24. The summed E-state index contributed by atoms with van der Waals surface area (Å²) in [7, 11) is 0. The van der Waals surface area contributed by atoms with E-state index in [1.54, 1.807) is 0 Å². The number of nitrogens with two attached hydrogens (primary N) is 1. The second-order valence-corrected chi connectivity index (χ2v) is 5.14. The number of rotatable bonds is 6. The zero-order valence-electron chi connectivity index (χ0n) is 11.8. The lowest BCUT2D eigenvalue weighted by Gasteiger charge is -2.30. The Morgan fingerprint density at radius 2 is 1.95 bits per heavy atom. The van der Waals surface area contributed by atoms with Gasteiger partial charge in [0.1, 0.15) is 5.75 Å². The third kappa shape index (κ3) is 3.95. The maximum absolute atomic E-state index is 5.80. The van der Waals surface area contributed by atoms with Crippen LogP contribution in [0.1, 0.15) is 37.7 Å². The van der Waals surface area contributed by atoms with Crippen LogP contribution in [-0.4, -0.2) is 26.4 Å². The van der Waals surface area contributed by atoms with Crippen LogP contribution in [0.25, 0.3) is 0 Å². The summed E-state index contributed by atoms with van der Waals surface area (Å²) in [5.41, 5.74) is 7.18. The topological polar surface area (TPSA) is 44.5 Å². The molecule has 0 aromatic heterocycles. The molecular formula is C16H25NO2. The fourth-order valence-corrected chi connectivity index (χ4v) is 2.95. The lowest BCUT2D eigenvalue weighted by atomic mass is 9.79. The van der Waals surface area contributed by atoms with Gasteiger partial charge in [0.05, 0.1) is 6.61 Å². The molecule has 1 saturated heterocycles. The maximum Gasteiger partial charge on any atom is 0.119 e. The monoisotopic (exact) mass is 263 g/mol. The molecule has 1 aliphatic rings. The third-order valence-electron chi connectivity index (χ3n) is 3.93. The van der Waals surface area contributed by atoms with E-state index in [1.165, 1.54) is 5.56 Å². The van der Waals surface area contributed by atoms with Crippen LogP contribution in [0.15, 0.2) is 24.3 Å². The van der Waals surface area contributed by atoms with Crippen LogP contribution in [-0.2, 0) is 4.74 Å². The van der Waals surface area contributed by atoms with Gasteiger partial charge in [-0.2, -0.15) is 0 Å². The maximum atomic E-state index is 5.80. The van der Waals surface area contributed by atoms with Gasteiger partial charge in [0, 0.05) is 13.2 Å². The van der Waals surface area contributed by atoms with Gasteiger partial charge in [-0.1, -0.05) is 12.1 Å². The largest absolute Gasteiger partial charge is 0.494 e. The fraction of sp³-hybridized carbons (Fsp3) is 0.625. The highest BCUT2D eigenvalue weighted by atomic mass is 16.5. The zero-order chi connectivity index (χ0) is 13.5. The van der Waals surface area contributed by atoms with Crippen molar-refractivity contribution in [3.63, 3.8) is 0 Å². The van der Waals surface area contributed by atoms with Crippen LogP contribution >= 0.6 is 0 Å². The van der Waals surface area contributed by atoms with Crippen LogP contribution in [0, 0.1) is 5.92 Å². The fourth-order valence-electron chi connectivity index (χ4n) is 2.95. The lowest BCUT2D eigenvalue weighted by Crippen LogP contribution is -2.24. The van der Waals surface area contributed by atoms with Gasteiger partial charge in [-0.15, -0.1) is 0 Å². The molecule has 1 unspecified atom stereocenters. The van der Waals surface area contributed by atoms with Crippen molar-refractivity contribution in [2.75, 3.05) is 26.4 Å². The van der Waals surface area contributed by atoms with Gasteiger partial charge in [0.15, 0.2) is 0 Å². The first kappa shape index (κ1) is 14.4. The van der Waals surface area contributed by atoms with Gasteiger partial charge in [0.25, 0.3) is 0 Å². The Morgan fingerprint density at radius 1 is 1.26 bits per heavy atom. The van der Waals surface area contributed by atoms with Gasteiger partial charge >= 0.3 is 0 Å². The van der Waals surface area contributed by atoms with Crippen molar-refractivity contribution in [2.24, 2.45) is 11.7 Å². The third-order valence-corrected chi connectivity index (χ3v) is 3.93. The van der Waals surface area contributed by atoms with Gasteiger partial charge in [-0.25, -0.2) is 0 Å². The Bertz CT molecular complexity index is 358. The van der Waals surface area contributed by atoms with E-state index in [1.807, 2.05) is 6.92 Å². The summed E-state index contributed by atoms with van der Waals surface area (Å²) in [5.74, 6) is 2.21. The van der Waals surface area contributed by atoms with E-state index in [2.05, 4.69) is 24.3 Å². The van der Waals surface area contributed by atoms with E-state index in [9.17, 15) is 0 Å². The summed E-state index contributed by atoms with van der Waals surface area (Å²) in [6.07, 6.45) is 3.36. The van der Waals surface area contributed by atoms with Crippen molar-refractivity contribution < 1.29 is 9.47 Å². The molecule has 0 amide bonds. The normalized spacial score (nSPS) is 18.2. The van der Waals surface area contributed by atoms with E-state index in [-0.39, 0.29) is 0 Å². The molecule has 1 aliphatic heterocycles. The Hall–Kier alpha value is -1.06.